The Labute approximate surface area is 126 Å². The maximum atomic E-state index is 4.63. The van der Waals surface area contributed by atoms with E-state index in [0.29, 0.717) is 5.92 Å². The molecule has 0 bridgehead atoms. The Hall–Kier alpha value is -2.15. The van der Waals surface area contributed by atoms with Crippen molar-refractivity contribution in [2.24, 2.45) is 0 Å². The zero-order valence-corrected chi connectivity index (χ0v) is 13.1. The van der Waals surface area contributed by atoms with Crippen molar-refractivity contribution < 1.29 is 0 Å². The molecule has 0 amide bonds. The van der Waals surface area contributed by atoms with E-state index in [-0.39, 0.29) is 0 Å². The lowest BCUT2D eigenvalue weighted by atomic mass is 9.90. The smallest absolute Gasteiger partial charge is 0.0708 e. The molecule has 2 aromatic carbocycles. The maximum Gasteiger partial charge on any atom is 0.0708 e. The molecule has 3 aromatic rings. The lowest BCUT2D eigenvalue weighted by Gasteiger charge is -2.15. The first-order valence-electron chi connectivity index (χ1n) is 7.52. The molecule has 1 heterocycles. The second-order valence-electron chi connectivity index (χ2n) is 6.10. The van der Waals surface area contributed by atoms with Crippen LogP contribution in [0.15, 0.2) is 48.7 Å². The molecule has 0 fully saturated rings. The van der Waals surface area contributed by atoms with Gasteiger partial charge in [-0.2, -0.15) is 0 Å². The van der Waals surface area contributed by atoms with Gasteiger partial charge in [0, 0.05) is 17.1 Å². The van der Waals surface area contributed by atoms with Crippen LogP contribution in [0.25, 0.3) is 22.0 Å². The Bertz CT molecular complexity index is 777. The Morgan fingerprint density at radius 3 is 2.10 bits per heavy atom. The molecule has 0 radical (unpaired) electrons. The molecular weight excluding hydrogens is 254 g/mol. The van der Waals surface area contributed by atoms with Crippen LogP contribution in [0.5, 0.6) is 0 Å². The fourth-order valence-corrected chi connectivity index (χ4v) is 3.27. The van der Waals surface area contributed by atoms with Crippen LogP contribution in [0.1, 0.15) is 36.5 Å². The van der Waals surface area contributed by atoms with Gasteiger partial charge in [0.15, 0.2) is 0 Å². The number of nitrogens with zero attached hydrogens (tertiary/aromatic N) is 1. The van der Waals surface area contributed by atoms with Crippen molar-refractivity contribution in [1.82, 2.24) is 4.98 Å². The molecule has 1 nitrogen and oxygen atoms in total. The summed E-state index contributed by atoms with van der Waals surface area (Å²) >= 11 is 0. The molecule has 0 aliphatic carbocycles. The summed E-state index contributed by atoms with van der Waals surface area (Å²) < 4.78 is 0. The molecule has 0 saturated heterocycles. The number of aromatic nitrogens is 1. The Morgan fingerprint density at radius 1 is 0.857 bits per heavy atom. The van der Waals surface area contributed by atoms with Gasteiger partial charge >= 0.3 is 0 Å². The monoisotopic (exact) mass is 275 g/mol. The average Bonchev–Trinajstić information content (AvgIpc) is 2.45. The first kappa shape index (κ1) is 13.8. The molecule has 0 aliphatic rings. The molecule has 3 rings (SSSR count). The first-order valence-corrected chi connectivity index (χ1v) is 7.52. The van der Waals surface area contributed by atoms with Crippen LogP contribution in [0.2, 0.25) is 0 Å². The number of rotatable bonds is 2. The van der Waals surface area contributed by atoms with Gasteiger partial charge in [-0.05, 0) is 60.0 Å². The highest BCUT2D eigenvalue weighted by Gasteiger charge is 2.10. The molecule has 106 valence electrons. The van der Waals surface area contributed by atoms with Crippen LogP contribution in [-0.2, 0) is 0 Å². The van der Waals surface area contributed by atoms with Crippen molar-refractivity contribution in [3.05, 3.63) is 65.4 Å². The zero-order valence-electron chi connectivity index (χ0n) is 13.1. The molecule has 1 aromatic heterocycles. The van der Waals surface area contributed by atoms with Crippen molar-refractivity contribution in [1.29, 1.82) is 0 Å². The van der Waals surface area contributed by atoms with E-state index in [1.165, 1.54) is 33.0 Å². The van der Waals surface area contributed by atoms with E-state index in [2.05, 4.69) is 75.1 Å². The summed E-state index contributed by atoms with van der Waals surface area (Å²) in [6, 6.07) is 15.1. The van der Waals surface area contributed by atoms with Crippen LogP contribution < -0.4 is 0 Å². The molecule has 1 heteroatoms. The van der Waals surface area contributed by atoms with Crippen molar-refractivity contribution in [2.75, 3.05) is 0 Å². The standard InChI is InChI=1S/C20H21N/c1-13(2)20-14(3)9-18(10-15(20)4)19-11-16-7-5-6-8-17(16)12-21-19/h5-13H,1-4H3. The van der Waals surface area contributed by atoms with Gasteiger partial charge < -0.3 is 0 Å². The van der Waals surface area contributed by atoms with Crippen LogP contribution in [0, 0.1) is 13.8 Å². The summed E-state index contributed by atoms with van der Waals surface area (Å²) in [5.74, 6) is 0.559. The zero-order chi connectivity index (χ0) is 15.0. The van der Waals surface area contributed by atoms with Gasteiger partial charge in [0.2, 0.25) is 0 Å². The molecule has 0 N–H and O–H groups in total. The van der Waals surface area contributed by atoms with Crippen LogP contribution in [0.3, 0.4) is 0 Å². The van der Waals surface area contributed by atoms with Crippen molar-refractivity contribution in [2.45, 2.75) is 33.6 Å². The van der Waals surface area contributed by atoms with Gasteiger partial charge in [-0.25, -0.2) is 0 Å². The minimum Gasteiger partial charge on any atom is -0.256 e. The van der Waals surface area contributed by atoms with E-state index in [0.717, 1.165) is 5.69 Å². The summed E-state index contributed by atoms with van der Waals surface area (Å²) in [5.41, 5.74) is 6.43. The molecule has 21 heavy (non-hydrogen) atoms. The predicted molar refractivity (Wildman–Crippen MR) is 90.7 cm³/mol. The average molecular weight is 275 g/mol. The number of pyridine rings is 1. The molecule has 0 spiro atoms. The highest BCUT2D eigenvalue weighted by molar-refractivity contribution is 5.85. The van der Waals surface area contributed by atoms with Gasteiger partial charge in [-0.15, -0.1) is 0 Å². The fourth-order valence-electron chi connectivity index (χ4n) is 3.27. The van der Waals surface area contributed by atoms with Gasteiger partial charge in [-0.3, -0.25) is 4.98 Å². The predicted octanol–water partition coefficient (Wildman–Crippen LogP) is 5.64. The number of fused-ring (bicyclic) bond motifs is 1. The first-order chi connectivity index (χ1) is 10.1. The van der Waals surface area contributed by atoms with Gasteiger partial charge in [0.25, 0.3) is 0 Å². The lowest BCUT2D eigenvalue weighted by Crippen LogP contribution is -1.97. The largest absolute Gasteiger partial charge is 0.256 e. The van der Waals surface area contributed by atoms with Crippen LogP contribution in [0.4, 0.5) is 0 Å². The van der Waals surface area contributed by atoms with E-state index in [9.17, 15) is 0 Å². The minimum absolute atomic E-state index is 0.559. The quantitative estimate of drug-likeness (QED) is 0.589. The minimum atomic E-state index is 0.559. The van der Waals surface area contributed by atoms with Crippen LogP contribution in [-0.4, -0.2) is 4.98 Å². The van der Waals surface area contributed by atoms with E-state index >= 15 is 0 Å². The summed E-state index contributed by atoms with van der Waals surface area (Å²) in [6.07, 6.45) is 1.96. The van der Waals surface area contributed by atoms with E-state index in [1.807, 2.05) is 6.20 Å². The van der Waals surface area contributed by atoms with Crippen molar-refractivity contribution in [3.63, 3.8) is 0 Å². The third-order valence-corrected chi connectivity index (χ3v) is 4.10. The summed E-state index contributed by atoms with van der Waals surface area (Å²) in [6.45, 7) is 8.91. The van der Waals surface area contributed by atoms with Crippen molar-refractivity contribution in [3.8, 4) is 11.3 Å². The number of benzene rings is 2. The number of hydrogen-bond acceptors (Lipinski definition) is 1. The lowest BCUT2D eigenvalue weighted by molar-refractivity contribution is 0.846. The molecule has 0 saturated carbocycles. The SMILES string of the molecule is Cc1cc(-c2cc3ccccc3cn2)cc(C)c1C(C)C. The molecule has 0 unspecified atom stereocenters. The summed E-state index contributed by atoms with van der Waals surface area (Å²) in [4.78, 5) is 4.63. The van der Waals surface area contributed by atoms with E-state index < -0.39 is 0 Å². The Kier molecular flexibility index (Phi) is 3.50. The Morgan fingerprint density at radius 2 is 1.48 bits per heavy atom. The van der Waals surface area contributed by atoms with E-state index in [1.54, 1.807) is 0 Å². The normalized spacial score (nSPS) is 11.3. The maximum absolute atomic E-state index is 4.63. The van der Waals surface area contributed by atoms with Gasteiger partial charge in [0.1, 0.15) is 0 Å². The van der Waals surface area contributed by atoms with Crippen molar-refractivity contribution >= 4 is 10.8 Å². The van der Waals surface area contributed by atoms with Gasteiger partial charge in [0.05, 0.1) is 5.69 Å². The summed E-state index contributed by atoms with van der Waals surface area (Å²) in [5, 5.41) is 2.43. The third kappa shape index (κ3) is 2.56. The van der Waals surface area contributed by atoms with Crippen LogP contribution >= 0.6 is 0 Å². The molecule has 0 aliphatic heterocycles. The number of hydrogen-bond donors (Lipinski definition) is 0. The third-order valence-electron chi connectivity index (χ3n) is 4.10. The fraction of sp³-hybridized carbons (Fsp3) is 0.250. The number of aryl methyl sites for hydroxylation is 2. The topological polar surface area (TPSA) is 12.9 Å². The highest BCUT2D eigenvalue weighted by atomic mass is 14.7. The highest BCUT2D eigenvalue weighted by Crippen LogP contribution is 2.29. The molecule has 0 atom stereocenters. The molecular formula is C20H21N. The second kappa shape index (κ2) is 5.33. The van der Waals surface area contributed by atoms with E-state index in [4.69, 9.17) is 0 Å². The Balaban J connectivity index is 2.14. The summed E-state index contributed by atoms with van der Waals surface area (Å²) in [7, 11) is 0. The second-order valence-corrected chi connectivity index (χ2v) is 6.10. The van der Waals surface area contributed by atoms with Gasteiger partial charge in [-0.1, -0.05) is 38.1 Å².